The molecule has 0 radical (unpaired) electrons. The molecule has 0 aromatic carbocycles. The van der Waals surface area contributed by atoms with E-state index in [9.17, 15) is 4.79 Å². The van der Waals surface area contributed by atoms with Crippen LogP contribution in [0.15, 0.2) is 0 Å². The van der Waals surface area contributed by atoms with E-state index in [0.29, 0.717) is 12.1 Å². The third-order valence-electron chi connectivity index (χ3n) is 4.99. The van der Waals surface area contributed by atoms with Crippen molar-refractivity contribution < 1.29 is 9.53 Å². The summed E-state index contributed by atoms with van der Waals surface area (Å²) in [7, 11) is 0. The Morgan fingerprint density at radius 3 is 2.62 bits per heavy atom. The average molecular weight is 296 g/mol. The van der Waals surface area contributed by atoms with E-state index in [2.05, 4.69) is 15.1 Å². The zero-order chi connectivity index (χ0) is 14.9. The highest BCUT2D eigenvalue weighted by atomic mass is 16.5. The van der Waals surface area contributed by atoms with Crippen molar-refractivity contribution in [1.29, 1.82) is 0 Å². The first-order chi connectivity index (χ1) is 10.1. The van der Waals surface area contributed by atoms with Crippen LogP contribution in [0.1, 0.15) is 26.2 Å². The summed E-state index contributed by atoms with van der Waals surface area (Å²) in [6, 6.07) is 1.09. The van der Waals surface area contributed by atoms with Crippen LogP contribution in [-0.2, 0) is 9.53 Å². The van der Waals surface area contributed by atoms with Crippen molar-refractivity contribution in [3.8, 4) is 0 Å². The summed E-state index contributed by atoms with van der Waals surface area (Å²) in [5.74, 6) is -0.232. The van der Waals surface area contributed by atoms with Crippen molar-refractivity contribution >= 4 is 5.91 Å². The van der Waals surface area contributed by atoms with Crippen LogP contribution in [0.5, 0.6) is 0 Å². The molecule has 2 unspecified atom stereocenters. The van der Waals surface area contributed by atoms with Crippen molar-refractivity contribution in [2.45, 2.75) is 43.8 Å². The van der Waals surface area contributed by atoms with Gasteiger partial charge in [-0.2, -0.15) is 0 Å². The highest BCUT2D eigenvalue weighted by molar-refractivity contribution is 5.84. The summed E-state index contributed by atoms with van der Waals surface area (Å²) in [4.78, 5) is 16.8. The number of carbonyl (C=O) groups excluding carboxylic acids is 1. The molecule has 6 heteroatoms. The van der Waals surface area contributed by atoms with Gasteiger partial charge in [0.15, 0.2) is 0 Å². The van der Waals surface area contributed by atoms with Gasteiger partial charge in [-0.05, 0) is 32.7 Å². The molecule has 2 aliphatic heterocycles. The Bertz CT molecular complexity index is 382. The second-order valence-corrected chi connectivity index (χ2v) is 6.94. The van der Waals surface area contributed by atoms with E-state index in [0.717, 1.165) is 45.9 Å². The maximum atomic E-state index is 11.9. The molecule has 3 N–H and O–H groups in total. The van der Waals surface area contributed by atoms with Crippen LogP contribution >= 0.6 is 0 Å². The molecule has 2 saturated heterocycles. The SMILES string of the molecule is CC(CN1CCC(N2CCOCC2)C1)(NC1CC1)C(N)=O. The monoisotopic (exact) mass is 296 g/mol. The molecular formula is C15H28N4O2. The quantitative estimate of drug-likeness (QED) is 0.684. The van der Waals surface area contributed by atoms with E-state index >= 15 is 0 Å². The van der Waals surface area contributed by atoms with Gasteiger partial charge in [-0.15, -0.1) is 0 Å². The molecule has 0 aromatic heterocycles. The van der Waals surface area contributed by atoms with Gasteiger partial charge < -0.3 is 10.5 Å². The number of carbonyl (C=O) groups is 1. The molecule has 3 aliphatic rings. The predicted octanol–water partition coefficient (Wildman–Crippen LogP) is -0.611. The molecule has 6 nitrogen and oxygen atoms in total. The minimum Gasteiger partial charge on any atom is -0.379 e. The van der Waals surface area contributed by atoms with Gasteiger partial charge in [0.2, 0.25) is 5.91 Å². The highest BCUT2D eigenvalue weighted by Crippen LogP contribution is 2.24. The van der Waals surface area contributed by atoms with Crippen LogP contribution in [0.25, 0.3) is 0 Å². The van der Waals surface area contributed by atoms with Crippen molar-refractivity contribution in [1.82, 2.24) is 15.1 Å². The maximum Gasteiger partial charge on any atom is 0.238 e. The lowest BCUT2D eigenvalue weighted by molar-refractivity contribution is -0.124. The molecule has 3 fully saturated rings. The molecule has 2 heterocycles. The molecule has 2 atom stereocenters. The molecule has 1 amide bonds. The van der Waals surface area contributed by atoms with Crippen LogP contribution in [0.2, 0.25) is 0 Å². The molecule has 0 spiro atoms. The Labute approximate surface area is 127 Å². The molecule has 1 saturated carbocycles. The number of hydrogen-bond donors (Lipinski definition) is 2. The number of nitrogens with one attached hydrogen (secondary N) is 1. The number of ether oxygens (including phenoxy) is 1. The second kappa shape index (κ2) is 6.20. The van der Waals surface area contributed by atoms with Gasteiger partial charge >= 0.3 is 0 Å². The van der Waals surface area contributed by atoms with E-state index in [-0.39, 0.29) is 5.91 Å². The molecule has 21 heavy (non-hydrogen) atoms. The molecule has 1 aliphatic carbocycles. The third-order valence-corrected chi connectivity index (χ3v) is 4.99. The van der Waals surface area contributed by atoms with Crippen molar-refractivity contribution in [3.63, 3.8) is 0 Å². The van der Waals surface area contributed by atoms with Gasteiger partial charge in [-0.1, -0.05) is 0 Å². The maximum absolute atomic E-state index is 11.9. The van der Waals surface area contributed by atoms with E-state index in [1.165, 1.54) is 19.3 Å². The number of likely N-dealkylation sites (tertiary alicyclic amines) is 1. The van der Waals surface area contributed by atoms with Gasteiger partial charge in [0.25, 0.3) is 0 Å². The first-order valence-corrected chi connectivity index (χ1v) is 8.18. The molecule has 0 bridgehead atoms. The molecule has 3 rings (SSSR count). The Kier molecular flexibility index (Phi) is 4.49. The summed E-state index contributed by atoms with van der Waals surface area (Å²) in [5.41, 5.74) is 5.05. The van der Waals surface area contributed by atoms with Crippen molar-refractivity contribution in [2.75, 3.05) is 45.9 Å². The van der Waals surface area contributed by atoms with Crippen LogP contribution in [0.4, 0.5) is 0 Å². The van der Waals surface area contributed by atoms with Crippen molar-refractivity contribution in [2.24, 2.45) is 5.73 Å². The second-order valence-electron chi connectivity index (χ2n) is 6.94. The van der Waals surface area contributed by atoms with Crippen molar-refractivity contribution in [3.05, 3.63) is 0 Å². The van der Waals surface area contributed by atoms with Gasteiger partial charge in [-0.3, -0.25) is 19.9 Å². The lowest BCUT2D eigenvalue weighted by Gasteiger charge is -2.34. The number of amides is 1. The van der Waals surface area contributed by atoms with Gasteiger partial charge in [0, 0.05) is 38.3 Å². The van der Waals surface area contributed by atoms with E-state index in [4.69, 9.17) is 10.5 Å². The first-order valence-electron chi connectivity index (χ1n) is 8.18. The largest absolute Gasteiger partial charge is 0.379 e. The van der Waals surface area contributed by atoms with E-state index < -0.39 is 5.54 Å². The third kappa shape index (κ3) is 3.74. The number of morpholine rings is 1. The lowest BCUT2D eigenvalue weighted by atomic mass is 10.0. The van der Waals surface area contributed by atoms with Crippen LogP contribution in [-0.4, -0.2) is 79.3 Å². The first kappa shape index (κ1) is 15.2. The van der Waals surface area contributed by atoms with E-state index in [1.54, 1.807) is 0 Å². The lowest BCUT2D eigenvalue weighted by Crippen LogP contribution is -2.60. The highest BCUT2D eigenvalue weighted by Gasteiger charge is 2.40. The normalized spacial score (nSPS) is 31.2. The fraction of sp³-hybridized carbons (Fsp3) is 0.933. The smallest absolute Gasteiger partial charge is 0.238 e. The summed E-state index contributed by atoms with van der Waals surface area (Å²) in [5, 5.41) is 3.44. The summed E-state index contributed by atoms with van der Waals surface area (Å²) in [6.45, 7) is 8.52. The standard InChI is InChI=1S/C15H28N4O2/c1-15(14(16)20,17-12-2-3-12)11-18-5-4-13(10-18)19-6-8-21-9-7-19/h12-13,17H,2-11H2,1H3,(H2,16,20). The summed E-state index contributed by atoms with van der Waals surface area (Å²) in [6.07, 6.45) is 3.51. The topological polar surface area (TPSA) is 70.8 Å². The Morgan fingerprint density at radius 1 is 1.29 bits per heavy atom. The summed E-state index contributed by atoms with van der Waals surface area (Å²) < 4.78 is 5.42. The van der Waals surface area contributed by atoms with Gasteiger partial charge in [0.1, 0.15) is 5.54 Å². The molecular weight excluding hydrogens is 268 g/mol. The Morgan fingerprint density at radius 2 is 2.00 bits per heavy atom. The van der Waals surface area contributed by atoms with Gasteiger partial charge in [0.05, 0.1) is 13.2 Å². The average Bonchev–Trinajstić information content (AvgIpc) is 3.15. The summed E-state index contributed by atoms with van der Waals surface area (Å²) >= 11 is 0. The number of primary amides is 1. The number of hydrogen-bond acceptors (Lipinski definition) is 5. The zero-order valence-electron chi connectivity index (χ0n) is 13.0. The molecule has 0 aromatic rings. The Hall–Kier alpha value is -0.690. The minimum atomic E-state index is -0.596. The number of rotatable bonds is 6. The zero-order valence-corrected chi connectivity index (χ0v) is 13.0. The van der Waals surface area contributed by atoms with Crippen LogP contribution < -0.4 is 11.1 Å². The fourth-order valence-corrected chi connectivity index (χ4v) is 3.52. The van der Waals surface area contributed by atoms with Gasteiger partial charge in [-0.25, -0.2) is 0 Å². The minimum absolute atomic E-state index is 0.232. The number of nitrogens with two attached hydrogens (primary N) is 1. The molecule has 120 valence electrons. The fourth-order valence-electron chi connectivity index (χ4n) is 3.52. The van der Waals surface area contributed by atoms with Crippen LogP contribution in [0, 0.1) is 0 Å². The predicted molar refractivity (Wildman–Crippen MR) is 81.0 cm³/mol. The van der Waals surface area contributed by atoms with E-state index in [1.807, 2.05) is 6.92 Å². The Balaban J connectivity index is 1.53. The number of nitrogens with zero attached hydrogens (tertiary/aromatic N) is 2. The van der Waals surface area contributed by atoms with Crippen LogP contribution in [0.3, 0.4) is 0 Å².